The van der Waals surface area contributed by atoms with E-state index in [2.05, 4.69) is 12.2 Å². The second-order valence-corrected chi connectivity index (χ2v) is 9.12. The number of aliphatic carboxylic acids is 1. The molecule has 0 aliphatic carbocycles. The van der Waals surface area contributed by atoms with Crippen LogP contribution in [0.15, 0.2) is 0 Å². The largest absolute Gasteiger partial charge is 0.480 e. The fraction of sp³-hybridized carbons (Fsp3) is 0.833. The van der Waals surface area contributed by atoms with Gasteiger partial charge in [-0.2, -0.15) is 0 Å². The van der Waals surface area contributed by atoms with Gasteiger partial charge in [-0.05, 0) is 32.1 Å². The van der Waals surface area contributed by atoms with Crippen LogP contribution in [0.3, 0.4) is 0 Å². The molecule has 2 aliphatic rings. The molecule has 0 aromatic rings. The highest BCUT2D eigenvalue weighted by atomic mass is 16.4. The van der Waals surface area contributed by atoms with Crippen molar-refractivity contribution in [2.45, 2.75) is 109 Å². The van der Waals surface area contributed by atoms with Gasteiger partial charge in [0.1, 0.15) is 18.6 Å². The molecule has 0 bridgehead atoms. The van der Waals surface area contributed by atoms with E-state index in [1.165, 1.54) is 38.5 Å². The van der Waals surface area contributed by atoms with E-state index >= 15 is 0 Å². The number of hydrogen-bond acceptors (Lipinski definition) is 4. The van der Waals surface area contributed by atoms with Gasteiger partial charge in [-0.3, -0.25) is 19.2 Å². The molecule has 8 heteroatoms. The number of carbonyl (C=O) groups excluding carboxylic acids is 3. The average Bonchev–Trinajstić information content (AvgIpc) is 3.45. The normalized spacial score (nSPS) is 20.5. The molecule has 2 aliphatic heterocycles. The lowest BCUT2D eigenvalue weighted by Crippen LogP contribution is -2.53. The quantitative estimate of drug-likeness (QED) is 0.395. The Kier molecular flexibility index (Phi) is 11.5. The van der Waals surface area contributed by atoms with Gasteiger partial charge < -0.3 is 20.2 Å². The summed E-state index contributed by atoms with van der Waals surface area (Å²) in [4.78, 5) is 52.3. The van der Waals surface area contributed by atoms with E-state index in [0.717, 1.165) is 25.7 Å². The molecular weight excluding hydrogens is 410 g/mol. The van der Waals surface area contributed by atoms with Crippen molar-refractivity contribution in [1.29, 1.82) is 0 Å². The highest BCUT2D eigenvalue weighted by molar-refractivity contribution is 5.93. The van der Waals surface area contributed by atoms with Crippen LogP contribution in [0.2, 0.25) is 0 Å². The molecule has 0 aromatic heterocycles. The van der Waals surface area contributed by atoms with Gasteiger partial charge in [0.05, 0.1) is 0 Å². The monoisotopic (exact) mass is 451 g/mol. The second-order valence-electron chi connectivity index (χ2n) is 9.12. The number of carbonyl (C=O) groups is 4. The van der Waals surface area contributed by atoms with Gasteiger partial charge in [-0.25, -0.2) is 0 Å². The van der Waals surface area contributed by atoms with E-state index in [1.807, 2.05) is 0 Å². The molecule has 2 N–H and O–H groups in total. The number of carboxylic acids is 1. The van der Waals surface area contributed by atoms with E-state index in [0.29, 0.717) is 38.8 Å². The number of amides is 3. The molecule has 2 atom stereocenters. The summed E-state index contributed by atoms with van der Waals surface area (Å²) in [5.41, 5.74) is 0. The molecule has 32 heavy (non-hydrogen) atoms. The zero-order chi connectivity index (χ0) is 23.3. The van der Waals surface area contributed by atoms with E-state index in [-0.39, 0.29) is 11.8 Å². The molecular formula is C24H41N3O5. The Bertz CT molecular complexity index is 639. The van der Waals surface area contributed by atoms with Gasteiger partial charge in [-0.1, -0.05) is 58.3 Å². The molecule has 0 saturated carbocycles. The van der Waals surface area contributed by atoms with Crippen molar-refractivity contribution in [3.05, 3.63) is 0 Å². The Morgan fingerprint density at radius 2 is 1.38 bits per heavy atom. The van der Waals surface area contributed by atoms with Crippen LogP contribution < -0.4 is 5.32 Å². The summed E-state index contributed by atoms with van der Waals surface area (Å²) in [6.45, 7) is 2.83. The van der Waals surface area contributed by atoms with Crippen LogP contribution in [0.1, 0.15) is 96.8 Å². The first-order valence-corrected chi connectivity index (χ1v) is 12.5. The van der Waals surface area contributed by atoms with Crippen LogP contribution >= 0.6 is 0 Å². The Balaban J connectivity index is 1.75. The fourth-order valence-electron chi connectivity index (χ4n) is 4.83. The molecule has 2 rings (SSSR count). The average molecular weight is 452 g/mol. The van der Waals surface area contributed by atoms with Gasteiger partial charge in [0, 0.05) is 19.5 Å². The third kappa shape index (κ3) is 8.10. The summed E-state index contributed by atoms with van der Waals surface area (Å²) in [6, 6.07) is -1.13. The Morgan fingerprint density at radius 1 is 0.812 bits per heavy atom. The van der Waals surface area contributed by atoms with Gasteiger partial charge in [0.15, 0.2) is 0 Å². The topological polar surface area (TPSA) is 107 Å². The van der Waals surface area contributed by atoms with Crippen LogP contribution in [0, 0.1) is 0 Å². The molecule has 0 spiro atoms. The maximum absolute atomic E-state index is 13.2. The third-order valence-corrected chi connectivity index (χ3v) is 6.60. The lowest BCUT2D eigenvalue weighted by Gasteiger charge is -2.31. The minimum Gasteiger partial charge on any atom is -0.480 e. The Hall–Kier alpha value is -2.12. The van der Waals surface area contributed by atoms with Crippen molar-refractivity contribution in [2.75, 3.05) is 19.6 Å². The Morgan fingerprint density at radius 3 is 2.00 bits per heavy atom. The molecule has 0 aromatic carbocycles. The number of nitrogens with one attached hydrogen (secondary N) is 1. The smallest absolute Gasteiger partial charge is 0.322 e. The first-order chi connectivity index (χ1) is 15.5. The Labute approximate surface area is 192 Å². The lowest BCUT2D eigenvalue weighted by molar-refractivity contribution is -0.147. The number of likely N-dealkylation sites (tertiary alicyclic amines) is 2. The maximum atomic E-state index is 13.2. The highest BCUT2D eigenvalue weighted by Gasteiger charge is 2.41. The summed E-state index contributed by atoms with van der Waals surface area (Å²) in [6.07, 6.45) is 13.9. The predicted octanol–water partition coefficient (Wildman–Crippen LogP) is 3.09. The van der Waals surface area contributed by atoms with E-state index in [1.54, 1.807) is 9.80 Å². The van der Waals surface area contributed by atoms with E-state index in [9.17, 15) is 19.2 Å². The van der Waals surface area contributed by atoms with Gasteiger partial charge in [0.25, 0.3) is 0 Å². The zero-order valence-corrected chi connectivity index (χ0v) is 19.7. The molecule has 8 nitrogen and oxygen atoms in total. The number of nitrogens with zero attached hydrogens (tertiary/aromatic N) is 2. The molecule has 2 unspecified atom stereocenters. The predicted molar refractivity (Wildman–Crippen MR) is 122 cm³/mol. The summed E-state index contributed by atoms with van der Waals surface area (Å²) < 4.78 is 0. The van der Waals surface area contributed by atoms with E-state index < -0.39 is 30.5 Å². The zero-order valence-electron chi connectivity index (χ0n) is 19.7. The van der Waals surface area contributed by atoms with Crippen molar-refractivity contribution >= 4 is 23.7 Å². The first kappa shape index (κ1) is 26.1. The van der Waals surface area contributed by atoms with Crippen molar-refractivity contribution in [3.8, 4) is 0 Å². The van der Waals surface area contributed by atoms with Crippen molar-refractivity contribution in [2.24, 2.45) is 0 Å². The molecule has 2 saturated heterocycles. The number of unbranched alkanes of at least 4 members (excludes halogenated alkanes) is 8. The molecule has 182 valence electrons. The van der Waals surface area contributed by atoms with Gasteiger partial charge in [0.2, 0.25) is 17.7 Å². The molecule has 0 radical (unpaired) electrons. The summed E-state index contributed by atoms with van der Waals surface area (Å²) in [5, 5.41) is 11.2. The second kappa shape index (κ2) is 14.1. The third-order valence-electron chi connectivity index (χ3n) is 6.60. The molecule has 2 heterocycles. The van der Waals surface area contributed by atoms with Crippen LogP contribution in [0.4, 0.5) is 0 Å². The molecule has 3 amide bonds. The van der Waals surface area contributed by atoms with Crippen LogP contribution in [0.25, 0.3) is 0 Å². The fourth-order valence-corrected chi connectivity index (χ4v) is 4.83. The van der Waals surface area contributed by atoms with Gasteiger partial charge >= 0.3 is 5.97 Å². The minimum absolute atomic E-state index is 0.0369. The summed E-state index contributed by atoms with van der Waals surface area (Å²) in [7, 11) is 0. The maximum Gasteiger partial charge on any atom is 0.322 e. The van der Waals surface area contributed by atoms with Crippen LogP contribution in [0.5, 0.6) is 0 Å². The van der Waals surface area contributed by atoms with Gasteiger partial charge in [-0.15, -0.1) is 0 Å². The van der Waals surface area contributed by atoms with Crippen molar-refractivity contribution < 1.29 is 24.3 Å². The van der Waals surface area contributed by atoms with Crippen molar-refractivity contribution in [1.82, 2.24) is 15.1 Å². The lowest BCUT2D eigenvalue weighted by atomic mass is 10.1. The minimum atomic E-state index is -1.11. The van der Waals surface area contributed by atoms with Crippen LogP contribution in [-0.2, 0) is 19.2 Å². The first-order valence-electron chi connectivity index (χ1n) is 12.5. The summed E-state index contributed by atoms with van der Waals surface area (Å²) in [5.74, 6) is -1.67. The van der Waals surface area contributed by atoms with Crippen molar-refractivity contribution in [3.63, 3.8) is 0 Å². The van der Waals surface area contributed by atoms with E-state index in [4.69, 9.17) is 5.11 Å². The highest BCUT2D eigenvalue weighted by Crippen LogP contribution is 2.26. The SMILES string of the molecule is CCCCCCCCCCCC(=O)N1CCCC1C(=O)N1CCCC1C(=O)NCC(=O)O. The standard InChI is InChI=1S/C24H41N3O5/c1-2-3-4-5-6-7-8-9-10-15-21(28)26-16-12-14-20(26)24(32)27-17-11-13-19(27)23(31)25-18-22(29)30/h19-20H,2-18H2,1H3,(H,25,31)(H,29,30). The van der Waals surface area contributed by atoms with Crippen LogP contribution in [-0.4, -0.2) is 70.3 Å². The number of carboxylic acid groups (broad SMARTS) is 1. The molecule has 2 fully saturated rings. The summed E-state index contributed by atoms with van der Waals surface area (Å²) >= 11 is 0. The number of hydrogen-bond donors (Lipinski definition) is 2. The number of rotatable bonds is 14.